The summed E-state index contributed by atoms with van der Waals surface area (Å²) in [5.41, 5.74) is 0.570. The standard InChI is InChI=1S/C16H16FN3O3S/c17-13-3-1-2-12(10-13)4-5-16(21)19-15-6-8-18-20(15)14-7-9-24(22,23)11-14/h1-6,8,10,14H,7,9,11H2,(H,19,21)/b5-4+/t14-/m0/s1. The van der Waals surface area contributed by atoms with Gasteiger partial charge < -0.3 is 5.32 Å². The summed E-state index contributed by atoms with van der Waals surface area (Å²) in [6.45, 7) is 0. The van der Waals surface area contributed by atoms with Gasteiger partial charge in [0.05, 0.1) is 23.7 Å². The molecule has 1 fully saturated rings. The number of hydrogen-bond acceptors (Lipinski definition) is 4. The zero-order valence-electron chi connectivity index (χ0n) is 12.7. The number of nitrogens with zero attached hydrogens (tertiary/aromatic N) is 2. The highest BCUT2D eigenvalue weighted by atomic mass is 32.2. The molecule has 1 saturated heterocycles. The van der Waals surface area contributed by atoms with E-state index >= 15 is 0 Å². The first-order chi connectivity index (χ1) is 11.4. The highest BCUT2D eigenvalue weighted by Gasteiger charge is 2.30. The molecule has 0 unspecified atom stereocenters. The Morgan fingerprint density at radius 1 is 1.38 bits per heavy atom. The lowest BCUT2D eigenvalue weighted by molar-refractivity contribution is -0.111. The average Bonchev–Trinajstić information content (AvgIpc) is 3.11. The van der Waals surface area contributed by atoms with Crippen LogP contribution in [0.1, 0.15) is 18.0 Å². The molecule has 0 aliphatic carbocycles. The molecular weight excluding hydrogens is 333 g/mol. The number of hydrogen-bond donors (Lipinski definition) is 1. The lowest BCUT2D eigenvalue weighted by Gasteiger charge is -2.12. The van der Waals surface area contributed by atoms with Crippen LogP contribution < -0.4 is 5.32 Å². The van der Waals surface area contributed by atoms with Crippen LogP contribution in [0.25, 0.3) is 6.08 Å². The fourth-order valence-electron chi connectivity index (χ4n) is 2.62. The number of carbonyl (C=O) groups excluding carboxylic acids is 1. The van der Waals surface area contributed by atoms with Crippen molar-refractivity contribution in [2.45, 2.75) is 12.5 Å². The quantitative estimate of drug-likeness (QED) is 0.857. The number of anilines is 1. The molecule has 2 aromatic rings. The molecule has 1 aliphatic heterocycles. The summed E-state index contributed by atoms with van der Waals surface area (Å²) in [6.07, 6.45) is 4.78. The molecule has 0 spiro atoms. The molecule has 1 aromatic heterocycles. The summed E-state index contributed by atoms with van der Waals surface area (Å²) in [7, 11) is -3.04. The van der Waals surface area contributed by atoms with E-state index in [9.17, 15) is 17.6 Å². The van der Waals surface area contributed by atoms with Gasteiger partial charge in [-0.25, -0.2) is 17.5 Å². The SMILES string of the molecule is O=C(/C=C/c1cccc(F)c1)Nc1ccnn1[C@H]1CCS(=O)(=O)C1. The van der Waals surface area contributed by atoms with Gasteiger partial charge in [-0.15, -0.1) is 0 Å². The summed E-state index contributed by atoms with van der Waals surface area (Å²) in [5.74, 6) is -0.188. The molecule has 1 N–H and O–H groups in total. The highest BCUT2D eigenvalue weighted by Crippen LogP contribution is 2.26. The maximum Gasteiger partial charge on any atom is 0.249 e. The molecule has 1 atom stereocenters. The van der Waals surface area contributed by atoms with Crippen molar-refractivity contribution in [2.75, 3.05) is 16.8 Å². The van der Waals surface area contributed by atoms with Crippen molar-refractivity contribution in [3.05, 3.63) is 54.0 Å². The summed E-state index contributed by atoms with van der Waals surface area (Å²) >= 11 is 0. The lowest BCUT2D eigenvalue weighted by Crippen LogP contribution is -2.18. The number of carbonyl (C=O) groups is 1. The number of benzene rings is 1. The molecule has 2 heterocycles. The summed E-state index contributed by atoms with van der Waals surface area (Å²) in [5, 5.41) is 6.78. The fraction of sp³-hybridized carbons (Fsp3) is 0.250. The van der Waals surface area contributed by atoms with Gasteiger partial charge in [0.2, 0.25) is 5.91 Å². The lowest BCUT2D eigenvalue weighted by atomic mass is 10.2. The number of sulfone groups is 1. The van der Waals surface area contributed by atoms with Crippen molar-refractivity contribution < 1.29 is 17.6 Å². The zero-order chi connectivity index (χ0) is 17.2. The predicted molar refractivity (Wildman–Crippen MR) is 88.6 cm³/mol. The van der Waals surface area contributed by atoms with Gasteiger partial charge in [-0.1, -0.05) is 12.1 Å². The first-order valence-electron chi connectivity index (χ1n) is 7.41. The molecule has 0 radical (unpaired) electrons. The van der Waals surface area contributed by atoms with E-state index in [1.165, 1.54) is 35.2 Å². The number of nitrogens with one attached hydrogen (secondary N) is 1. The van der Waals surface area contributed by atoms with Crippen LogP contribution in [0.4, 0.5) is 10.2 Å². The molecule has 8 heteroatoms. The van der Waals surface area contributed by atoms with E-state index in [0.717, 1.165) is 0 Å². The van der Waals surface area contributed by atoms with Crippen LogP contribution >= 0.6 is 0 Å². The first kappa shape index (κ1) is 16.4. The van der Waals surface area contributed by atoms with Crippen molar-refractivity contribution in [2.24, 2.45) is 0 Å². The van der Waals surface area contributed by atoms with Gasteiger partial charge >= 0.3 is 0 Å². The second kappa shape index (κ2) is 6.56. The molecular formula is C16H16FN3O3S. The minimum atomic E-state index is -3.04. The Hall–Kier alpha value is -2.48. The van der Waals surface area contributed by atoms with Gasteiger partial charge in [0.15, 0.2) is 9.84 Å². The maximum absolute atomic E-state index is 13.1. The van der Waals surface area contributed by atoms with Gasteiger partial charge in [-0.2, -0.15) is 5.10 Å². The Kier molecular flexibility index (Phi) is 4.48. The Labute approximate surface area is 138 Å². The largest absolute Gasteiger partial charge is 0.307 e. The smallest absolute Gasteiger partial charge is 0.249 e. The highest BCUT2D eigenvalue weighted by molar-refractivity contribution is 7.91. The Morgan fingerprint density at radius 3 is 2.92 bits per heavy atom. The summed E-state index contributed by atoms with van der Waals surface area (Å²) in [6, 6.07) is 7.22. The Balaban J connectivity index is 1.69. The second-order valence-corrected chi connectivity index (χ2v) is 7.82. The Bertz CT molecular complexity index is 889. The van der Waals surface area contributed by atoms with Crippen LogP contribution in [0.2, 0.25) is 0 Å². The van der Waals surface area contributed by atoms with E-state index in [0.29, 0.717) is 17.8 Å². The van der Waals surface area contributed by atoms with Crippen LogP contribution in [0.3, 0.4) is 0 Å². The van der Waals surface area contributed by atoms with Gasteiger partial charge in [0.1, 0.15) is 11.6 Å². The first-order valence-corrected chi connectivity index (χ1v) is 9.24. The third kappa shape index (κ3) is 3.88. The molecule has 1 amide bonds. The van der Waals surface area contributed by atoms with Crippen LogP contribution in [-0.4, -0.2) is 35.6 Å². The van der Waals surface area contributed by atoms with Crippen LogP contribution in [-0.2, 0) is 14.6 Å². The van der Waals surface area contributed by atoms with Crippen LogP contribution in [0.15, 0.2) is 42.6 Å². The molecule has 0 saturated carbocycles. The summed E-state index contributed by atoms with van der Waals surface area (Å²) in [4.78, 5) is 12.0. The minimum absolute atomic E-state index is 0.0245. The van der Waals surface area contributed by atoms with Crippen molar-refractivity contribution in [1.29, 1.82) is 0 Å². The fourth-order valence-corrected chi connectivity index (χ4v) is 4.31. The van der Waals surface area contributed by atoms with E-state index in [1.54, 1.807) is 18.2 Å². The van der Waals surface area contributed by atoms with E-state index in [-0.39, 0.29) is 23.4 Å². The van der Waals surface area contributed by atoms with Crippen LogP contribution in [0.5, 0.6) is 0 Å². The number of halogens is 1. The third-order valence-electron chi connectivity index (χ3n) is 3.75. The van der Waals surface area contributed by atoms with Crippen molar-refractivity contribution in [3.8, 4) is 0 Å². The van der Waals surface area contributed by atoms with E-state index in [4.69, 9.17) is 0 Å². The minimum Gasteiger partial charge on any atom is -0.307 e. The number of rotatable bonds is 4. The molecule has 1 aliphatic rings. The molecule has 1 aromatic carbocycles. The number of aromatic nitrogens is 2. The van der Waals surface area contributed by atoms with Gasteiger partial charge in [0.25, 0.3) is 0 Å². The molecule has 3 rings (SSSR count). The Morgan fingerprint density at radius 2 is 2.21 bits per heavy atom. The maximum atomic E-state index is 13.1. The van der Waals surface area contributed by atoms with Gasteiger partial charge in [0, 0.05) is 12.1 Å². The monoisotopic (exact) mass is 349 g/mol. The summed E-state index contributed by atoms with van der Waals surface area (Å²) < 4.78 is 37.8. The third-order valence-corrected chi connectivity index (χ3v) is 5.50. The topological polar surface area (TPSA) is 81.1 Å². The molecule has 0 bridgehead atoms. The van der Waals surface area contributed by atoms with E-state index < -0.39 is 15.7 Å². The molecule has 24 heavy (non-hydrogen) atoms. The number of amides is 1. The predicted octanol–water partition coefficient (Wildman–Crippen LogP) is 2.03. The van der Waals surface area contributed by atoms with Crippen molar-refractivity contribution >= 4 is 27.6 Å². The zero-order valence-corrected chi connectivity index (χ0v) is 13.5. The van der Waals surface area contributed by atoms with E-state index in [1.807, 2.05) is 0 Å². The van der Waals surface area contributed by atoms with Crippen molar-refractivity contribution in [3.63, 3.8) is 0 Å². The van der Waals surface area contributed by atoms with Crippen LogP contribution in [0, 0.1) is 5.82 Å². The van der Waals surface area contributed by atoms with E-state index in [2.05, 4.69) is 10.4 Å². The van der Waals surface area contributed by atoms with Gasteiger partial charge in [-0.3, -0.25) is 4.79 Å². The normalized spacial score (nSPS) is 19.6. The van der Waals surface area contributed by atoms with Crippen molar-refractivity contribution in [1.82, 2.24) is 9.78 Å². The molecule has 126 valence electrons. The second-order valence-electron chi connectivity index (χ2n) is 5.60. The average molecular weight is 349 g/mol. The molecule has 6 nitrogen and oxygen atoms in total. The van der Waals surface area contributed by atoms with Gasteiger partial charge in [-0.05, 0) is 30.2 Å².